The van der Waals surface area contributed by atoms with Gasteiger partial charge in [0.2, 0.25) is 5.78 Å². The quantitative estimate of drug-likeness (QED) is 0.391. The van der Waals surface area contributed by atoms with E-state index in [1.54, 1.807) is 22.0 Å². The normalized spacial score (nSPS) is 12.4. The number of esters is 1. The second kappa shape index (κ2) is 7.12. The van der Waals surface area contributed by atoms with Gasteiger partial charge in [0.05, 0.1) is 23.7 Å². The molecule has 0 aliphatic heterocycles. The van der Waals surface area contributed by atoms with Crippen molar-refractivity contribution >= 4 is 34.4 Å². The summed E-state index contributed by atoms with van der Waals surface area (Å²) in [5.74, 6) is 0.0463. The van der Waals surface area contributed by atoms with Gasteiger partial charge in [-0.05, 0) is 38.1 Å². The highest BCUT2D eigenvalue weighted by Gasteiger charge is 2.22. The fourth-order valence-corrected chi connectivity index (χ4v) is 3.94. The lowest BCUT2D eigenvalue weighted by Gasteiger charge is -2.12. The number of aryl methyl sites for hydroxylation is 1. The maximum atomic E-state index is 13.2. The smallest absolute Gasteiger partial charge is 0.318 e. The van der Waals surface area contributed by atoms with Gasteiger partial charge >= 0.3 is 5.97 Å². The van der Waals surface area contributed by atoms with Crippen LogP contribution >= 0.6 is 11.8 Å². The number of fused-ring (bicyclic) bond motifs is 3. The third-order valence-electron chi connectivity index (χ3n) is 4.50. The molecule has 0 N–H and O–H groups in total. The lowest BCUT2D eigenvalue weighted by Crippen LogP contribution is -2.22. The van der Waals surface area contributed by atoms with Crippen LogP contribution in [0.4, 0.5) is 0 Å². The van der Waals surface area contributed by atoms with Gasteiger partial charge in [-0.25, -0.2) is 4.57 Å². The molecular weight excluding hydrogens is 376 g/mol. The predicted molar refractivity (Wildman–Crippen MR) is 108 cm³/mol. The Kier molecular flexibility index (Phi) is 4.64. The zero-order chi connectivity index (χ0) is 19.8. The Morgan fingerprint density at radius 1 is 1.11 bits per heavy atom. The number of para-hydroxylation sites is 1. The topological polar surface area (TPSA) is 78.5 Å². The second-order valence-corrected chi connectivity index (χ2v) is 7.70. The number of carbonyl (C=O) groups excluding carboxylic acids is 1. The third-order valence-corrected chi connectivity index (χ3v) is 5.52. The molecule has 2 aromatic heterocycles. The SMILES string of the molecule is COC(=O)C(C)Sc1nnc2n(-c3ccc(C)cc3)c(=O)c3ccccc3n12. The fraction of sp³-hybridized carbons (Fsp3) is 0.200. The van der Waals surface area contributed by atoms with Crippen LogP contribution in [0.15, 0.2) is 58.5 Å². The first-order chi connectivity index (χ1) is 13.5. The number of aromatic nitrogens is 4. The Hall–Kier alpha value is -3.13. The Balaban J connectivity index is 2.02. The highest BCUT2D eigenvalue weighted by molar-refractivity contribution is 8.00. The maximum Gasteiger partial charge on any atom is 0.318 e. The summed E-state index contributed by atoms with van der Waals surface area (Å²) < 4.78 is 8.16. The van der Waals surface area contributed by atoms with Crippen LogP contribution in [-0.2, 0) is 9.53 Å². The van der Waals surface area contributed by atoms with Crippen LogP contribution in [0.3, 0.4) is 0 Å². The van der Waals surface area contributed by atoms with E-state index >= 15 is 0 Å². The van der Waals surface area contributed by atoms with Crippen LogP contribution in [0.5, 0.6) is 0 Å². The molecule has 0 amide bonds. The van der Waals surface area contributed by atoms with Crippen molar-refractivity contribution in [1.82, 2.24) is 19.2 Å². The minimum atomic E-state index is -0.462. The van der Waals surface area contributed by atoms with E-state index < -0.39 is 5.25 Å². The van der Waals surface area contributed by atoms with Crippen LogP contribution in [0, 0.1) is 6.92 Å². The Morgan fingerprint density at radius 2 is 1.82 bits per heavy atom. The average molecular weight is 394 g/mol. The molecule has 8 heteroatoms. The number of carbonyl (C=O) groups is 1. The summed E-state index contributed by atoms with van der Waals surface area (Å²) in [7, 11) is 1.35. The van der Waals surface area contributed by atoms with E-state index in [0.29, 0.717) is 27.5 Å². The van der Waals surface area contributed by atoms with Crippen molar-refractivity contribution in [2.45, 2.75) is 24.3 Å². The maximum absolute atomic E-state index is 13.2. The van der Waals surface area contributed by atoms with Gasteiger partial charge in [0.15, 0.2) is 5.16 Å². The number of benzene rings is 2. The molecule has 2 heterocycles. The summed E-state index contributed by atoms with van der Waals surface area (Å²) in [5.41, 5.74) is 2.32. The van der Waals surface area contributed by atoms with Gasteiger partial charge in [-0.3, -0.25) is 14.0 Å². The minimum Gasteiger partial charge on any atom is -0.468 e. The predicted octanol–water partition coefficient (Wildman–Crippen LogP) is 3.00. The highest BCUT2D eigenvalue weighted by Crippen LogP contribution is 2.26. The molecule has 4 rings (SSSR count). The molecular formula is C20H18N4O3S. The number of rotatable bonds is 4. The van der Waals surface area contributed by atoms with Gasteiger partial charge in [-0.1, -0.05) is 41.6 Å². The van der Waals surface area contributed by atoms with E-state index in [4.69, 9.17) is 4.74 Å². The average Bonchev–Trinajstić information content (AvgIpc) is 3.12. The zero-order valence-corrected chi connectivity index (χ0v) is 16.4. The number of hydrogen-bond donors (Lipinski definition) is 0. The van der Waals surface area contributed by atoms with Crippen molar-refractivity contribution in [3.05, 3.63) is 64.4 Å². The van der Waals surface area contributed by atoms with Crippen molar-refractivity contribution < 1.29 is 9.53 Å². The fourth-order valence-electron chi connectivity index (χ4n) is 3.05. The molecule has 0 saturated heterocycles. The summed E-state index contributed by atoms with van der Waals surface area (Å²) in [6.45, 7) is 3.73. The molecule has 0 spiro atoms. The number of nitrogens with zero attached hydrogens (tertiary/aromatic N) is 4. The molecule has 2 aromatic carbocycles. The summed E-state index contributed by atoms with van der Waals surface area (Å²) in [4.78, 5) is 25.1. The third kappa shape index (κ3) is 2.95. The van der Waals surface area contributed by atoms with Gasteiger partial charge in [0, 0.05) is 0 Å². The molecule has 0 radical (unpaired) electrons. The van der Waals surface area contributed by atoms with E-state index in [1.165, 1.54) is 18.9 Å². The van der Waals surface area contributed by atoms with Crippen LogP contribution in [0.25, 0.3) is 22.4 Å². The van der Waals surface area contributed by atoms with Gasteiger partial charge < -0.3 is 4.74 Å². The molecule has 1 atom stereocenters. The monoisotopic (exact) mass is 394 g/mol. The van der Waals surface area contributed by atoms with E-state index in [0.717, 1.165) is 5.56 Å². The molecule has 4 aromatic rings. The number of methoxy groups -OCH3 is 1. The molecule has 142 valence electrons. The van der Waals surface area contributed by atoms with Gasteiger partial charge in [-0.2, -0.15) is 0 Å². The van der Waals surface area contributed by atoms with Crippen molar-refractivity contribution in [1.29, 1.82) is 0 Å². The molecule has 0 bridgehead atoms. The van der Waals surface area contributed by atoms with Gasteiger partial charge in [-0.15, -0.1) is 10.2 Å². The lowest BCUT2D eigenvalue weighted by molar-refractivity contribution is -0.139. The second-order valence-electron chi connectivity index (χ2n) is 6.39. The van der Waals surface area contributed by atoms with E-state index in [2.05, 4.69) is 10.2 Å². The number of hydrogen-bond acceptors (Lipinski definition) is 6. The molecule has 0 fully saturated rings. The molecule has 28 heavy (non-hydrogen) atoms. The summed E-state index contributed by atoms with van der Waals surface area (Å²) in [6.07, 6.45) is 0. The zero-order valence-electron chi connectivity index (χ0n) is 15.6. The van der Waals surface area contributed by atoms with Crippen molar-refractivity contribution in [3.8, 4) is 5.69 Å². The first-order valence-electron chi connectivity index (χ1n) is 8.71. The van der Waals surface area contributed by atoms with Crippen molar-refractivity contribution in [2.24, 2.45) is 0 Å². The van der Waals surface area contributed by atoms with E-state index in [1.807, 2.05) is 49.4 Å². The van der Waals surface area contributed by atoms with Crippen LogP contribution in [0.2, 0.25) is 0 Å². The highest BCUT2D eigenvalue weighted by atomic mass is 32.2. The largest absolute Gasteiger partial charge is 0.468 e. The number of ether oxygens (including phenoxy) is 1. The number of thioether (sulfide) groups is 1. The summed E-state index contributed by atoms with van der Waals surface area (Å²) >= 11 is 1.24. The standard InChI is InChI=1S/C20H18N4O3S/c1-12-8-10-14(11-9-12)23-17(25)15-6-4-5-7-16(15)24-19(23)21-22-20(24)28-13(2)18(26)27-3/h4-11,13H,1-3H3. The van der Waals surface area contributed by atoms with Gasteiger partial charge in [0.1, 0.15) is 5.25 Å². The molecule has 0 aliphatic rings. The van der Waals surface area contributed by atoms with Crippen LogP contribution in [-0.4, -0.2) is 37.5 Å². The van der Waals surface area contributed by atoms with Crippen molar-refractivity contribution in [2.75, 3.05) is 7.11 Å². The summed E-state index contributed by atoms with van der Waals surface area (Å²) in [5, 5.41) is 9.13. The van der Waals surface area contributed by atoms with Crippen LogP contribution in [0.1, 0.15) is 12.5 Å². The van der Waals surface area contributed by atoms with Crippen molar-refractivity contribution in [3.63, 3.8) is 0 Å². The molecule has 0 saturated carbocycles. The Bertz CT molecular complexity index is 1240. The first kappa shape index (κ1) is 18.2. The first-order valence-corrected chi connectivity index (χ1v) is 9.59. The lowest BCUT2D eigenvalue weighted by atomic mass is 10.2. The van der Waals surface area contributed by atoms with E-state index in [-0.39, 0.29) is 11.5 Å². The molecule has 0 aliphatic carbocycles. The van der Waals surface area contributed by atoms with Crippen LogP contribution < -0.4 is 5.56 Å². The van der Waals surface area contributed by atoms with Gasteiger partial charge in [0.25, 0.3) is 5.56 Å². The Labute approximate surface area is 165 Å². The minimum absolute atomic E-state index is 0.170. The summed E-state index contributed by atoms with van der Waals surface area (Å²) in [6, 6.07) is 14.9. The molecule has 1 unspecified atom stereocenters. The molecule has 7 nitrogen and oxygen atoms in total. The van der Waals surface area contributed by atoms with E-state index in [9.17, 15) is 9.59 Å². The Morgan fingerprint density at radius 3 is 2.54 bits per heavy atom.